The maximum atomic E-state index is 13.7. The number of hydrogen-bond acceptors (Lipinski definition) is 5. The van der Waals surface area contributed by atoms with Crippen molar-refractivity contribution in [1.29, 1.82) is 0 Å². The molecule has 2 heterocycles. The highest BCUT2D eigenvalue weighted by atomic mass is 19.1. The highest BCUT2D eigenvalue weighted by Gasteiger charge is 2.21. The standard InChI is InChI=1S/C10H13FN4O2/c1-7-6-14(3-2-12-7)10-9(11)4-8(5-13-10)15(16)17/h4-5,7,12H,2-3,6H2,1H3/t7-/m1/s1. The summed E-state index contributed by atoms with van der Waals surface area (Å²) in [5, 5.41) is 13.7. The fourth-order valence-corrected chi connectivity index (χ4v) is 1.88. The van der Waals surface area contributed by atoms with E-state index in [0.29, 0.717) is 13.1 Å². The number of piperazine rings is 1. The zero-order valence-electron chi connectivity index (χ0n) is 9.39. The predicted octanol–water partition coefficient (Wildman–Crippen LogP) is 0.927. The van der Waals surface area contributed by atoms with E-state index in [4.69, 9.17) is 0 Å². The number of anilines is 1. The molecule has 1 atom stereocenters. The zero-order chi connectivity index (χ0) is 12.4. The normalized spacial score (nSPS) is 20.4. The number of nitro groups is 1. The highest BCUT2D eigenvalue weighted by Crippen LogP contribution is 2.21. The number of pyridine rings is 1. The molecule has 0 spiro atoms. The molecule has 1 aliphatic heterocycles. The Hall–Kier alpha value is -1.76. The van der Waals surface area contributed by atoms with Crippen LogP contribution in [0.2, 0.25) is 0 Å². The first-order chi connectivity index (χ1) is 8.08. The summed E-state index contributed by atoms with van der Waals surface area (Å²) in [6.45, 7) is 4.03. The molecule has 1 aliphatic rings. The monoisotopic (exact) mass is 240 g/mol. The summed E-state index contributed by atoms with van der Waals surface area (Å²) in [4.78, 5) is 15.4. The fourth-order valence-electron chi connectivity index (χ4n) is 1.88. The second kappa shape index (κ2) is 4.62. The van der Waals surface area contributed by atoms with E-state index < -0.39 is 10.7 Å². The SMILES string of the molecule is C[C@@H]1CN(c2ncc([N+](=O)[O-])cc2F)CCN1. The first-order valence-electron chi connectivity index (χ1n) is 5.36. The molecule has 17 heavy (non-hydrogen) atoms. The number of rotatable bonds is 2. The molecule has 92 valence electrons. The van der Waals surface area contributed by atoms with E-state index in [1.807, 2.05) is 6.92 Å². The van der Waals surface area contributed by atoms with E-state index >= 15 is 0 Å². The lowest BCUT2D eigenvalue weighted by Crippen LogP contribution is -2.49. The first kappa shape index (κ1) is 11.7. The molecule has 1 N–H and O–H groups in total. The predicted molar refractivity (Wildman–Crippen MR) is 60.5 cm³/mol. The Labute approximate surface area is 97.6 Å². The number of nitrogens with one attached hydrogen (secondary N) is 1. The van der Waals surface area contributed by atoms with Gasteiger partial charge in [-0.25, -0.2) is 9.37 Å². The lowest BCUT2D eigenvalue weighted by atomic mass is 10.2. The van der Waals surface area contributed by atoms with Crippen molar-refractivity contribution in [3.8, 4) is 0 Å². The van der Waals surface area contributed by atoms with Crippen LogP contribution in [0.4, 0.5) is 15.9 Å². The Balaban J connectivity index is 2.23. The number of nitrogens with zero attached hydrogens (tertiary/aromatic N) is 3. The van der Waals surface area contributed by atoms with Crippen molar-refractivity contribution in [3.05, 3.63) is 28.2 Å². The number of aromatic nitrogens is 1. The third-order valence-electron chi connectivity index (χ3n) is 2.69. The van der Waals surface area contributed by atoms with E-state index in [0.717, 1.165) is 18.8 Å². The largest absolute Gasteiger partial charge is 0.351 e. The van der Waals surface area contributed by atoms with Crippen LogP contribution in [0.5, 0.6) is 0 Å². The Morgan fingerprint density at radius 3 is 3.06 bits per heavy atom. The topological polar surface area (TPSA) is 71.3 Å². The molecule has 0 amide bonds. The van der Waals surface area contributed by atoms with Gasteiger partial charge in [0.05, 0.1) is 11.0 Å². The van der Waals surface area contributed by atoms with Crippen LogP contribution in [0.3, 0.4) is 0 Å². The molecule has 1 aromatic rings. The van der Waals surface area contributed by atoms with Crippen LogP contribution in [0, 0.1) is 15.9 Å². The van der Waals surface area contributed by atoms with Gasteiger partial charge in [0, 0.05) is 25.7 Å². The smallest absolute Gasteiger partial charge is 0.290 e. The van der Waals surface area contributed by atoms with Gasteiger partial charge in [0.1, 0.15) is 6.20 Å². The molecule has 0 unspecified atom stereocenters. The molecule has 0 bridgehead atoms. The first-order valence-corrected chi connectivity index (χ1v) is 5.36. The van der Waals surface area contributed by atoms with Crippen LogP contribution < -0.4 is 10.2 Å². The highest BCUT2D eigenvalue weighted by molar-refractivity contribution is 5.45. The van der Waals surface area contributed by atoms with Gasteiger partial charge in [-0.05, 0) is 6.92 Å². The Bertz CT molecular complexity index is 440. The van der Waals surface area contributed by atoms with Crippen molar-refractivity contribution in [2.75, 3.05) is 24.5 Å². The lowest BCUT2D eigenvalue weighted by molar-refractivity contribution is -0.385. The van der Waals surface area contributed by atoms with Gasteiger partial charge in [-0.15, -0.1) is 0 Å². The van der Waals surface area contributed by atoms with Crippen molar-refractivity contribution in [3.63, 3.8) is 0 Å². The molecule has 0 saturated carbocycles. The quantitative estimate of drug-likeness (QED) is 0.615. The summed E-state index contributed by atoms with van der Waals surface area (Å²) >= 11 is 0. The average molecular weight is 240 g/mol. The van der Waals surface area contributed by atoms with Crippen LogP contribution in [0.25, 0.3) is 0 Å². The minimum absolute atomic E-state index is 0.184. The van der Waals surface area contributed by atoms with Gasteiger partial charge in [0.25, 0.3) is 5.69 Å². The van der Waals surface area contributed by atoms with Crippen LogP contribution in [0.1, 0.15) is 6.92 Å². The van der Waals surface area contributed by atoms with Gasteiger partial charge in [0.2, 0.25) is 0 Å². The molecule has 0 radical (unpaired) electrons. The summed E-state index contributed by atoms with van der Waals surface area (Å²) in [6.07, 6.45) is 1.09. The maximum Gasteiger partial charge on any atom is 0.290 e. The van der Waals surface area contributed by atoms with Gasteiger partial charge in [0.15, 0.2) is 11.6 Å². The average Bonchev–Trinajstić information content (AvgIpc) is 2.28. The molecular weight excluding hydrogens is 227 g/mol. The second-order valence-electron chi connectivity index (χ2n) is 4.06. The summed E-state index contributed by atoms with van der Waals surface area (Å²) in [7, 11) is 0. The van der Waals surface area contributed by atoms with Gasteiger partial charge < -0.3 is 10.2 Å². The lowest BCUT2D eigenvalue weighted by Gasteiger charge is -2.32. The van der Waals surface area contributed by atoms with Gasteiger partial charge in [-0.2, -0.15) is 0 Å². The van der Waals surface area contributed by atoms with E-state index in [1.165, 1.54) is 0 Å². The zero-order valence-corrected chi connectivity index (χ0v) is 9.39. The second-order valence-corrected chi connectivity index (χ2v) is 4.06. The minimum atomic E-state index is -0.653. The molecule has 7 heteroatoms. The van der Waals surface area contributed by atoms with Crippen molar-refractivity contribution >= 4 is 11.5 Å². The molecule has 0 aromatic carbocycles. The molecule has 2 rings (SSSR count). The van der Waals surface area contributed by atoms with Crippen molar-refractivity contribution < 1.29 is 9.31 Å². The summed E-state index contributed by atoms with van der Waals surface area (Å²) in [5.74, 6) is -0.461. The Kier molecular flexibility index (Phi) is 3.19. The van der Waals surface area contributed by atoms with Crippen LogP contribution in [0.15, 0.2) is 12.3 Å². The molecule has 1 fully saturated rings. The summed E-state index contributed by atoms with van der Waals surface area (Å²) in [5.41, 5.74) is -0.325. The molecule has 0 aliphatic carbocycles. The van der Waals surface area contributed by atoms with Gasteiger partial charge >= 0.3 is 0 Å². The molecule has 1 saturated heterocycles. The van der Waals surface area contributed by atoms with Gasteiger partial charge in [-0.3, -0.25) is 10.1 Å². The molecule has 6 nitrogen and oxygen atoms in total. The van der Waals surface area contributed by atoms with Gasteiger partial charge in [-0.1, -0.05) is 0 Å². The Morgan fingerprint density at radius 1 is 1.71 bits per heavy atom. The minimum Gasteiger partial charge on any atom is -0.351 e. The number of hydrogen-bond donors (Lipinski definition) is 1. The van der Waals surface area contributed by atoms with E-state index in [1.54, 1.807) is 4.90 Å². The van der Waals surface area contributed by atoms with E-state index in [2.05, 4.69) is 10.3 Å². The third kappa shape index (κ3) is 2.50. The molecular formula is C10H13FN4O2. The summed E-state index contributed by atoms with van der Waals surface area (Å²) < 4.78 is 13.7. The maximum absolute atomic E-state index is 13.7. The molecule has 1 aromatic heterocycles. The van der Waals surface area contributed by atoms with Crippen LogP contribution in [-0.4, -0.2) is 35.6 Å². The van der Waals surface area contributed by atoms with E-state index in [9.17, 15) is 14.5 Å². The van der Waals surface area contributed by atoms with Crippen molar-refractivity contribution in [2.24, 2.45) is 0 Å². The van der Waals surface area contributed by atoms with Crippen LogP contribution >= 0.6 is 0 Å². The van der Waals surface area contributed by atoms with E-state index in [-0.39, 0.29) is 17.5 Å². The van der Waals surface area contributed by atoms with Crippen LogP contribution in [-0.2, 0) is 0 Å². The van der Waals surface area contributed by atoms with Crippen molar-refractivity contribution in [2.45, 2.75) is 13.0 Å². The van der Waals surface area contributed by atoms with Crippen molar-refractivity contribution in [1.82, 2.24) is 10.3 Å². The summed E-state index contributed by atoms with van der Waals surface area (Å²) in [6, 6.07) is 1.16. The third-order valence-corrected chi connectivity index (χ3v) is 2.69. The number of halogens is 1. The Morgan fingerprint density at radius 2 is 2.47 bits per heavy atom. The fraction of sp³-hybridized carbons (Fsp3) is 0.500.